The lowest BCUT2D eigenvalue weighted by Crippen LogP contribution is -2.65. The Kier molecular flexibility index (Phi) is 22.7. The Bertz CT molecular complexity index is 3170. The molecule has 3 aliphatic heterocycles. The lowest BCUT2D eigenvalue weighted by molar-refractivity contribution is -0.199. The van der Waals surface area contributed by atoms with Gasteiger partial charge in [0.15, 0.2) is 0 Å². The van der Waals surface area contributed by atoms with E-state index >= 15 is 0 Å². The molecule has 25 heteroatoms. The minimum absolute atomic E-state index is 0.00431. The number of benzene rings is 2. The fourth-order valence-electron chi connectivity index (χ4n) is 12.0. The molecule has 6 fully saturated rings. The van der Waals surface area contributed by atoms with Gasteiger partial charge < -0.3 is 77.6 Å². The van der Waals surface area contributed by atoms with Crippen molar-refractivity contribution >= 4 is 67.3 Å². The van der Waals surface area contributed by atoms with Crippen LogP contribution in [0.1, 0.15) is 100 Å². The third-order valence-electron chi connectivity index (χ3n) is 16.6. The van der Waals surface area contributed by atoms with Crippen molar-refractivity contribution in [2.75, 3.05) is 52.7 Å². The highest BCUT2D eigenvalue weighted by molar-refractivity contribution is 6.48. The number of hydrogen-bond acceptors (Lipinski definition) is 16. The van der Waals surface area contributed by atoms with E-state index in [0.717, 1.165) is 34.8 Å². The van der Waals surface area contributed by atoms with E-state index in [9.17, 15) is 29.2 Å². The summed E-state index contributed by atoms with van der Waals surface area (Å²) in [6.07, 6.45) is 8.03. The molecule has 6 aliphatic rings. The molecular weight excluding hydrogens is 1120 g/mol. The third-order valence-corrected chi connectivity index (χ3v) is 16.6. The summed E-state index contributed by atoms with van der Waals surface area (Å²) in [6, 6.07) is 14.0. The zero-order valence-corrected chi connectivity index (χ0v) is 51.9. The van der Waals surface area contributed by atoms with Crippen molar-refractivity contribution in [3.63, 3.8) is 0 Å². The van der Waals surface area contributed by atoms with Crippen LogP contribution in [0, 0.1) is 47.1 Å². The van der Waals surface area contributed by atoms with E-state index in [1.807, 2.05) is 97.9 Å². The van der Waals surface area contributed by atoms with Crippen molar-refractivity contribution in [3.05, 3.63) is 119 Å². The van der Waals surface area contributed by atoms with Crippen LogP contribution in [-0.4, -0.2) is 164 Å². The summed E-state index contributed by atoms with van der Waals surface area (Å²) < 4.78 is 46.7. The van der Waals surface area contributed by atoms with Crippen LogP contribution in [0.5, 0.6) is 0 Å². The predicted molar refractivity (Wildman–Crippen MR) is 327 cm³/mol. The minimum Gasteiger partial charge on any atom is -0.464 e. The molecule has 5 heterocycles. The van der Waals surface area contributed by atoms with Crippen LogP contribution in [-0.2, 0) is 50.7 Å². The minimum atomic E-state index is -1.84. The van der Waals surface area contributed by atoms with Crippen molar-refractivity contribution in [2.45, 2.75) is 144 Å². The van der Waals surface area contributed by atoms with Gasteiger partial charge in [-0.2, -0.15) is 0 Å². The Labute approximate surface area is 511 Å². The van der Waals surface area contributed by atoms with E-state index in [1.54, 1.807) is 29.4 Å². The first-order chi connectivity index (χ1) is 41.0. The van der Waals surface area contributed by atoms with Crippen molar-refractivity contribution in [2.24, 2.45) is 34.0 Å². The van der Waals surface area contributed by atoms with Gasteiger partial charge in [-0.15, -0.1) is 0 Å². The summed E-state index contributed by atoms with van der Waals surface area (Å²) in [5.74, 6) is -1.07. The second kappa shape index (κ2) is 29.1. The number of amides is 4. The Hall–Kier alpha value is -6.67. The molecule has 468 valence electrons. The Morgan fingerprint density at radius 2 is 1.23 bits per heavy atom. The number of hydrogen-bond donors (Lipinski definition) is 6. The molecule has 3 aliphatic carbocycles. The number of nitrogens with one attached hydrogen (secondary N) is 2. The number of furan rings is 2. The molecule has 6 N–H and O–H groups in total. The predicted octanol–water partition coefficient (Wildman–Crippen LogP) is 7.69. The summed E-state index contributed by atoms with van der Waals surface area (Å²) in [5, 5.41) is 43.4. The van der Waals surface area contributed by atoms with Gasteiger partial charge in [0.05, 0.1) is 87.8 Å². The molecule has 0 unspecified atom stereocenters. The molecule has 4 amide bonds. The molecule has 0 spiro atoms. The van der Waals surface area contributed by atoms with Gasteiger partial charge in [-0.05, 0) is 96.2 Å². The second-order valence-corrected chi connectivity index (χ2v) is 26.5. The van der Waals surface area contributed by atoms with Crippen LogP contribution in [0.15, 0.2) is 93.4 Å². The summed E-state index contributed by atoms with van der Waals surface area (Å²) in [7, 11) is -3.63. The molecule has 22 nitrogen and oxygen atoms in total. The monoisotopic (exact) mass is 1200 g/mol. The van der Waals surface area contributed by atoms with E-state index in [0.29, 0.717) is 61.4 Å². The van der Waals surface area contributed by atoms with Crippen LogP contribution in [0.3, 0.4) is 0 Å². The quantitative estimate of drug-likeness (QED) is 0.0357. The molecule has 87 heavy (non-hydrogen) atoms. The molecule has 2 aromatic carbocycles. The Balaban J connectivity index is 0.000000230. The number of nitrogens with zero attached hydrogens (tertiary/aromatic N) is 4. The summed E-state index contributed by atoms with van der Waals surface area (Å²) >= 11 is 0. The lowest BCUT2D eigenvalue weighted by atomic mass is 9.43. The third kappa shape index (κ3) is 17.6. The zero-order valence-electron chi connectivity index (χ0n) is 51.9. The number of ether oxygens (including phenoxy) is 4. The van der Waals surface area contributed by atoms with Crippen LogP contribution in [0.2, 0.25) is 6.32 Å². The summed E-state index contributed by atoms with van der Waals surface area (Å²) in [6.45, 7) is 38.5. The molecule has 8 atom stereocenters. The number of carbonyl (C=O) groups is 4. The van der Waals surface area contributed by atoms with Gasteiger partial charge in [-0.3, -0.25) is 9.59 Å². The average molecular weight is 1200 g/mol. The smallest absolute Gasteiger partial charge is 0.464 e. The highest BCUT2D eigenvalue weighted by Gasteiger charge is 2.68. The van der Waals surface area contributed by atoms with E-state index in [1.165, 1.54) is 11.2 Å². The van der Waals surface area contributed by atoms with Gasteiger partial charge in [0.25, 0.3) is 11.8 Å². The number of para-hydroxylation sites is 2. The maximum absolute atomic E-state index is 13.4. The normalized spacial score (nSPS) is 23.3. The van der Waals surface area contributed by atoms with Crippen molar-refractivity contribution in [1.29, 1.82) is 0 Å². The van der Waals surface area contributed by atoms with Gasteiger partial charge in [-0.25, -0.2) is 19.3 Å². The van der Waals surface area contributed by atoms with Gasteiger partial charge in [-0.1, -0.05) is 118 Å². The SMILES string of the molecule is CC(C)CB(O)O.[C-]#[N+]C(=CC(C)(C)C)C(=O)N1CCOC[C@@H]1COC(=O)N[C@@H](Cc1coc2ccccc12)B(O)O.[C-]#[N+]C(=CC(C)(C)C)C(=O)N1CCOC[C@@H]1COC(=O)N[C@@H](Cc1coc2ccccc12)B1O[C@@H]2C[C@@H]3C[C@@H](C3(C)C)[C@]2(C)O1. The van der Waals surface area contributed by atoms with E-state index in [2.05, 4.69) is 41.1 Å². The first-order valence-electron chi connectivity index (χ1n) is 29.8. The second-order valence-electron chi connectivity index (χ2n) is 26.5. The number of carbonyl (C=O) groups excluding carboxylic acids is 4. The largest absolute Gasteiger partial charge is 0.482 e. The maximum Gasteiger partial charge on any atom is 0.482 e. The van der Waals surface area contributed by atoms with E-state index in [-0.39, 0.29) is 79.0 Å². The average Bonchev–Trinajstić information content (AvgIpc) is 1.67. The van der Waals surface area contributed by atoms with Gasteiger partial charge in [0.1, 0.15) is 24.4 Å². The standard InChI is InChI=1S/C34H44BN3O7.C24H30BN3O7.C4H11BO2/c1-32(2,3)17-25(36-7)30(39)38-12-13-41-19-23(38)20-43-31(40)37-29(14-21-18-42-26-11-9-8-10-24(21)26)35-44-28-16-22-15-27(33(22,4)5)34(28,6)45-35;1-24(2,3)12-19(26-4)22(29)28-9-10-33-14-17(28)15-35-23(30)27-21(25(31)32)11-16-13-34-20-8-6-5-7-18(16)20;1-4(2)3-5(6)7/h8-11,17-18,22-23,27-29H,12-16,19-20H2,1-6H3,(H,37,40);5-8,12-13,17,21,31-32H,9-11,14-15H2,1-3H3,(H,27,30);4,6-7H,3H2,1-2H3/t22-,23+,27-,28+,29-,34-;17-,21+;/m01./s1. The van der Waals surface area contributed by atoms with E-state index in [4.69, 9.17) is 60.3 Å². The molecule has 2 bridgehead atoms. The van der Waals surface area contributed by atoms with Crippen molar-refractivity contribution in [3.8, 4) is 0 Å². The number of alkyl carbamates (subject to hydrolysis) is 2. The highest BCUT2D eigenvalue weighted by atomic mass is 16.7. The maximum atomic E-state index is 13.4. The van der Waals surface area contributed by atoms with E-state index < -0.39 is 69.0 Å². The number of allylic oxidation sites excluding steroid dienone is 2. The van der Waals surface area contributed by atoms with Gasteiger partial charge in [0.2, 0.25) is 11.4 Å². The van der Waals surface area contributed by atoms with Crippen LogP contribution in [0.4, 0.5) is 9.59 Å². The number of morpholine rings is 2. The van der Waals surface area contributed by atoms with Crippen LogP contribution in [0.25, 0.3) is 31.6 Å². The lowest BCUT2D eigenvalue weighted by Gasteiger charge is -2.64. The molecule has 3 saturated heterocycles. The van der Waals surface area contributed by atoms with Crippen molar-refractivity contribution < 1.29 is 76.4 Å². The van der Waals surface area contributed by atoms with Crippen LogP contribution < -0.4 is 10.6 Å². The number of fused-ring (bicyclic) bond motifs is 2. The van der Waals surface area contributed by atoms with Gasteiger partial charge >= 0.3 is 33.5 Å². The topological polar surface area (TPSA) is 270 Å². The van der Waals surface area contributed by atoms with Crippen molar-refractivity contribution in [1.82, 2.24) is 20.4 Å². The highest BCUT2D eigenvalue weighted by Crippen LogP contribution is 2.65. The first-order valence-corrected chi connectivity index (χ1v) is 29.8. The molecular formula is C62H85B3N6O16. The molecule has 10 rings (SSSR count). The van der Waals surface area contributed by atoms with Gasteiger partial charge in [0, 0.05) is 23.9 Å². The van der Waals surface area contributed by atoms with Crippen LogP contribution >= 0.6 is 0 Å². The fourth-order valence-corrected chi connectivity index (χ4v) is 12.0. The molecule has 4 aromatic rings. The molecule has 3 saturated carbocycles. The zero-order chi connectivity index (χ0) is 63.6. The summed E-state index contributed by atoms with van der Waals surface area (Å²) in [5.41, 5.74) is 2.18. The molecule has 0 radical (unpaired) electrons. The Morgan fingerprint density at radius 1 is 0.747 bits per heavy atom. The number of rotatable bonds is 16. The molecule has 2 aromatic heterocycles. The fraction of sp³-hybridized carbons (Fsp3) is 0.581. The first kappa shape index (κ1) is 67.8. The summed E-state index contributed by atoms with van der Waals surface area (Å²) in [4.78, 5) is 62.1. The Morgan fingerprint density at radius 3 is 1.67 bits per heavy atom.